The van der Waals surface area contributed by atoms with Crippen LogP contribution in [0.1, 0.15) is 26.2 Å². The number of fused-ring (bicyclic) bond motifs is 1. The number of rotatable bonds is 1. The van der Waals surface area contributed by atoms with E-state index in [1.54, 1.807) is 0 Å². The van der Waals surface area contributed by atoms with Gasteiger partial charge in [-0.2, -0.15) is 0 Å². The van der Waals surface area contributed by atoms with E-state index in [4.69, 9.17) is 0 Å². The van der Waals surface area contributed by atoms with Crippen molar-refractivity contribution in [1.82, 2.24) is 4.90 Å². The molecule has 2 fully saturated rings. The van der Waals surface area contributed by atoms with Gasteiger partial charge < -0.3 is 4.90 Å². The van der Waals surface area contributed by atoms with Gasteiger partial charge in [-0.3, -0.25) is 4.79 Å². The van der Waals surface area contributed by atoms with E-state index in [1.165, 1.54) is 5.57 Å². The molecule has 2 unspecified atom stereocenters. The molecule has 2 saturated carbocycles. The normalized spacial score (nSPS) is 40.4. The lowest BCUT2D eigenvalue weighted by atomic mass is 9.72. The molecule has 2 atom stereocenters. The molecule has 0 aliphatic heterocycles. The molecule has 2 aliphatic rings. The lowest BCUT2D eigenvalue weighted by Crippen LogP contribution is -2.50. The molecule has 15 heavy (non-hydrogen) atoms. The molecular formula is C13H19NO. The molecule has 0 aromatic heterocycles. The van der Waals surface area contributed by atoms with Crippen molar-refractivity contribution in [2.45, 2.75) is 31.7 Å². The Morgan fingerprint density at radius 2 is 1.93 bits per heavy atom. The maximum atomic E-state index is 11.9. The van der Waals surface area contributed by atoms with Gasteiger partial charge in [-0.25, -0.2) is 0 Å². The van der Waals surface area contributed by atoms with Crippen LogP contribution in [-0.2, 0) is 4.79 Å². The minimum atomic E-state index is -0.201. The van der Waals surface area contributed by atoms with Crippen molar-refractivity contribution in [3.05, 3.63) is 24.3 Å². The first-order valence-corrected chi connectivity index (χ1v) is 5.44. The molecule has 0 amide bonds. The van der Waals surface area contributed by atoms with Gasteiger partial charge in [0, 0.05) is 17.4 Å². The van der Waals surface area contributed by atoms with Crippen molar-refractivity contribution >= 4 is 5.78 Å². The number of ketones is 1. The fourth-order valence-corrected chi connectivity index (χ4v) is 3.43. The summed E-state index contributed by atoms with van der Waals surface area (Å²) in [5.74, 6) is 0.215. The first kappa shape index (κ1) is 10.6. The second-order valence-electron chi connectivity index (χ2n) is 5.23. The summed E-state index contributed by atoms with van der Waals surface area (Å²) in [6, 6.07) is 0. The number of Topliss-reactive ketones (excluding diaryl/α,β-unsaturated/α-hetero) is 1. The zero-order valence-electron chi connectivity index (χ0n) is 9.89. The SMILES string of the molecule is C=C1CCC2(N(C)C)CC(=O)C(=C)C12C. The van der Waals surface area contributed by atoms with E-state index in [2.05, 4.69) is 39.1 Å². The van der Waals surface area contributed by atoms with Gasteiger partial charge >= 0.3 is 0 Å². The first-order valence-electron chi connectivity index (χ1n) is 5.44. The van der Waals surface area contributed by atoms with E-state index in [1.807, 2.05) is 0 Å². The maximum absolute atomic E-state index is 11.9. The van der Waals surface area contributed by atoms with Crippen LogP contribution < -0.4 is 0 Å². The van der Waals surface area contributed by atoms with Crippen molar-refractivity contribution in [1.29, 1.82) is 0 Å². The van der Waals surface area contributed by atoms with Crippen LogP contribution in [0.5, 0.6) is 0 Å². The maximum Gasteiger partial charge on any atom is 0.161 e. The highest BCUT2D eigenvalue weighted by Crippen LogP contribution is 2.61. The molecule has 2 rings (SSSR count). The molecule has 0 bridgehead atoms. The summed E-state index contributed by atoms with van der Waals surface area (Å²) in [6.45, 7) is 10.3. The molecule has 0 aromatic carbocycles. The molecular weight excluding hydrogens is 186 g/mol. The van der Waals surface area contributed by atoms with E-state index >= 15 is 0 Å². The third-order valence-corrected chi connectivity index (χ3v) is 4.73. The average molecular weight is 205 g/mol. The fraction of sp³-hybridized carbons (Fsp3) is 0.615. The summed E-state index contributed by atoms with van der Waals surface area (Å²) in [6.07, 6.45) is 2.65. The van der Waals surface area contributed by atoms with Crippen molar-refractivity contribution in [3.63, 3.8) is 0 Å². The van der Waals surface area contributed by atoms with E-state index in [9.17, 15) is 4.79 Å². The summed E-state index contributed by atoms with van der Waals surface area (Å²) < 4.78 is 0. The molecule has 0 spiro atoms. The summed E-state index contributed by atoms with van der Waals surface area (Å²) in [5.41, 5.74) is 1.68. The highest BCUT2D eigenvalue weighted by Gasteiger charge is 2.63. The Hall–Kier alpha value is -0.890. The molecule has 0 aromatic rings. The Labute approximate surface area is 91.6 Å². The van der Waals surface area contributed by atoms with Crippen LogP contribution in [0, 0.1) is 5.41 Å². The van der Waals surface area contributed by atoms with E-state index in [-0.39, 0.29) is 16.7 Å². The topological polar surface area (TPSA) is 20.3 Å². The van der Waals surface area contributed by atoms with Gasteiger partial charge in [0.15, 0.2) is 5.78 Å². The predicted octanol–water partition coefficient (Wildman–Crippen LogP) is 2.17. The largest absolute Gasteiger partial charge is 0.302 e. The Kier molecular flexibility index (Phi) is 2.00. The fourth-order valence-electron chi connectivity index (χ4n) is 3.43. The van der Waals surface area contributed by atoms with Crippen molar-refractivity contribution < 1.29 is 4.79 Å². The number of hydrogen-bond donors (Lipinski definition) is 0. The van der Waals surface area contributed by atoms with Gasteiger partial charge in [0.25, 0.3) is 0 Å². The van der Waals surface area contributed by atoms with Gasteiger partial charge in [-0.15, -0.1) is 0 Å². The minimum absolute atomic E-state index is 0.0573. The van der Waals surface area contributed by atoms with Crippen molar-refractivity contribution in [2.24, 2.45) is 5.41 Å². The zero-order valence-corrected chi connectivity index (χ0v) is 9.89. The second-order valence-corrected chi connectivity index (χ2v) is 5.23. The van der Waals surface area contributed by atoms with Gasteiger partial charge in [-0.05, 0) is 39.4 Å². The molecule has 0 N–H and O–H groups in total. The summed E-state index contributed by atoms with van der Waals surface area (Å²) in [7, 11) is 4.12. The van der Waals surface area contributed by atoms with Crippen LogP contribution in [0.2, 0.25) is 0 Å². The monoisotopic (exact) mass is 205 g/mol. The van der Waals surface area contributed by atoms with Crippen LogP contribution >= 0.6 is 0 Å². The summed E-state index contributed by atoms with van der Waals surface area (Å²) >= 11 is 0. The Balaban J connectivity index is 2.60. The quantitative estimate of drug-likeness (QED) is 0.483. The van der Waals surface area contributed by atoms with Gasteiger partial charge in [0.1, 0.15) is 0 Å². The van der Waals surface area contributed by atoms with E-state index in [0.29, 0.717) is 6.42 Å². The van der Waals surface area contributed by atoms with Gasteiger partial charge in [0.05, 0.1) is 0 Å². The summed E-state index contributed by atoms with van der Waals surface area (Å²) in [4.78, 5) is 14.1. The predicted molar refractivity (Wildman–Crippen MR) is 61.7 cm³/mol. The van der Waals surface area contributed by atoms with Gasteiger partial charge in [0.2, 0.25) is 0 Å². The minimum Gasteiger partial charge on any atom is -0.302 e. The van der Waals surface area contributed by atoms with Crippen LogP contribution in [0.4, 0.5) is 0 Å². The number of carbonyl (C=O) groups is 1. The lowest BCUT2D eigenvalue weighted by molar-refractivity contribution is -0.115. The second kappa shape index (κ2) is 2.82. The smallest absolute Gasteiger partial charge is 0.161 e. The summed E-state index contributed by atoms with van der Waals surface area (Å²) in [5, 5.41) is 0. The Morgan fingerprint density at radius 3 is 2.40 bits per heavy atom. The van der Waals surface area contributed by atoms with Crippen LogP contribution in [0.15, 0.2) is 24.3 Å². The number of carbonyl (C=O) groups excluding carboxylic acids is 1. The van der Waals surface area contributed by atoms with Gasteiger partial charge in [-0.1, -0.05) is 18.7 Å². The molecule has 2 heteroatoms. The zero-order chi connectivity index (χ0) is 11.4. The first-order chi connectivity index (χ1) is 6.86. The highest BCUT2D eigenvalue weighted by atomic mass is 16.1. The molecule has 2 nitrogen and oxygen atoms in total. The van der Waals surface area contributed by atoms with E-state index in [0.717, 1.165) is 18.4 Å². The molecule has 82 valence electrons. The molecule has 0 saturated heterocycles. The average Bonchev–Trinajstić information content (AvgIpc) is 2.53. The van der Waals surface area contributed by atoms with Crippen LogP contribution in [0.25, 0.3) is 0 Å². The van der Waals surface area contributed by atoms with Crippen molar-refractivity contribution in [2.75, 3.05) is 14.1 Å². The Morgan fingerprint density at radius 1 is 1.33 bits per heavy atom. The van der Waals surface area contributed by atoms with Crippen LogP contribution in [0.3, 0.4) is 0 Å². The Bertz CT molecular complexity index is 369. The third kappa shape index (κ3) is 0.957. The van der Waals surface area contributed by atoms with Crippen molar-refractivity contribution in [3.8, 4) is 0 Å². The number of nitrogens with zero attached hydrogens (tertiary/aromatic N) is 1. The number of hydrogen-bond acceptors (Lipinski definition) is 2. The lowest BCUT2D eigenvalue weighted by Gasteiger charge is -2.43. The van der Waals surface area contributed by atoms with E-state index < -0.39 is 0 Å². The molecule has 2 aliphatic carbocycles. The molecule has 0 heterocycles. The van der Waals surface area contributed by atoms with Crippen LogP contribution in [-0.4, -0.2) is 30.3 Å². The molecule has 0 radical (unpaired) electrons. The highest BCUT2D eigenvalue weighted by molar-refractivity contribution is 6.01. The standard InChI is InChI=1S/C13H19NO/c1-9-6-7-13(14(4)5)8-11(15)10(2)12(9,13)3/h1-2,6-8H2,3-5H3. The third-order valence-electron chi connectivity index (χ3n) is 4.73.